The van der Waals surface area contributed by atoms with Gasteiger partial charge in [0.1, 0.15) is 5.82 Å². The van der Waals surface area contributed by atoms with Gasteiger partial charge in [0.15, 0.2) is 0 Å². The first kappa shape index (κ1) is 12.1. The molecular weight excluding hydrogens is 188 g/mol. The molecule has 1 unspecified atom stereocenters. The van der Waals surface area contributed by atoms with E-state index in [1.54, 1.807) is 12.4 Å². The Bertz CT molecular complexity index is 263. The fourth-order valence-corrected chi connectivity index (χ4v) is 1.35. The standard InChI is InChI=1S/C11H20N4/c1-4-15(3)9-10(2)14-8-11-12-6-5-7-13-11/h5-7,10,14H,4,8-9H2,1-3H3. The molecule has 0 saturated heterocycles. The minimum Gasteiger partial charge on any atom is -0.306 e. The number of hydrogen-bond donors (Lipinski definition) is 1. The van der Waals surface area contributed by atoms with Crippen molar-refractivity contribution in [3.8, 4) is 0 Å². The molecule has 1 aromatic heterocycles. The average Bonchev–Trinajstić information content (AvgIpc) is 2.27. The Kier molecular flexibility index (Phi) is 5.21. The monoisotopic (exact) mass is 208 g/mol. The van der Waals surface area contributed by atoms with Crippen molar-refractivity contribution in [1.82, 2.24) is 20.2 Å². The largest absolute Gasteiger partial charge is 0.306 e. The molecule has 0 aromatic carbocycles. The summed E-state index contributed by atoms with van der Waals surface area (Å²) >= 11 is 0. The van der Waals surface area contributed by atoms with E-state index in [1.165, 1.54) is 0 Å². The molecule has 0 bridgehead atoms. The smallest absolute Gasteiger partial charge is 0.141 e. The average molecular weight is 208 g/mol. The first-order chi connectivity index (χ1) is 7.22. The lowest BCUT2D eigenvalue weighted by Gasteiger charge is -2.20. The Morgan fingerprint density at radius 1 is 1.40 bits per heavy atom. The highest BCUT2D eigenvalue weighted by Crippen LogP contribution is 1.91. The second-order valence-corrected chi connectivity index (χ2v) is 3.80. The van der Waals surface area contributed by atoms with Crippen molar-refractivity contribution < 1.29 is 0 Å². The molecule has 15 heavy (non-hydrogen) atoms. The van der Waals surface area contributed by atoms with Crippen LogP contribution >= 0.6 is 0 Å². The molecule has 4 heteroatoms. The van der Waals surface area contributed by atoms with Crippen LogP contribution in [0, 0.1) is 0 Å². The van der Waals surface area contributed by atoms with E-state index >= 15 is 0 Å². The molecule has 84 valence electrons. The van der Waals surface area contributed by atoms with Crippen molar-refractivity contribution in [3.63, 3.8) is 0 Å². The molecule has 0 aliphatic carbocycles. The Morgan fingerprint density at radius 2 is 2.07 bits per heavy atom. The SMILES string of the molecule is CCN(C)CC(C)NCc1ncccn1. The summed E-state index contributed by atoms with van der Waals surface area (Å²) in [6.45, 7) is 7.19. The fourth-order valence-electron chi connectivity index (χ4n) is 1.35. The number of rotatable bonds is 6. The number of hydrogen-bond acceptors (Lipinski definition) is 4. The van der Waals surface area contributed by atoms with Crippen LogP contribution in [0.1, 0.15) is 19.7 Å². The third-order valence-corrected chi connectivity index (χ3v) is 2.35. The van der Waals surface area contributed by atoms with Crippen LogP contribution < -0.4 is 5.32 Å². The van der Waals surface area contributed by atoms with Crippen molar-refractivity contribution >= 4 is 0 Å². The highest BCUT2D eigenvalue weighted by molar-refractivity contribution is 4.88. The third kappa shape index (κ3) is 4.85. The Balaban J connectivity index is 2.25. The van der Waals surface area contributed by atoms with E-state index in [-0.39, 0.29) is 0 Å². The summed E-state index contributed by atoms with van der Waals surface area (Å²) in [5, 5.41) is 3.40. The summed E-state index contributed by atoms with van der Waals surface area (Å²) in [6, 6.07) is 2.29. The zero-order valence-corrected chi connectivity index (χ0v) is 9.77. The minimum atomic E-state index is 0.457. The summed E-state index contributed by atoms with van der Waals surface area (Å²) in [7, 11) is 2.12. The zero-order chi connectivity index (χ0) is 11.1. The first-order valence-corrected chi connectivity index (χ1v) is 5.40. The van der Waals surface area contributed by atoms with Gasteiger partial charge in [0.2, 0.25) is 0 Å². The Morgan fingerprint density at radius 3 is 2.67 bits per heavy atom. The van der Waals surface area contributed by atoms with Crippen molar-refractivity contribution in [1.29, 1.82) is 0 Å². The van der Waals surface area contributed by atoms with Crippen LogP contribution in [-0.2, 0) is 6.54 Å². The Labute approximate surface area is 91.7 Å². The molecule has 0 aliphatic rings. The maximum absolute atomic E-state index is 4.16. The van der Waals surface area contributed by atoms with Gasteiger partial charge in [-0.15, -0.1) is 0 Å². The molecule has 0 saturated carbocycles. The summed E-state index contributed by atoms with van der Waals surface area (Å²) in [5.74, 6) is 0.850. The van der Waals surface area contributed by atoms with Crippen LogP contribution in [0.2, 0.25) is 0 Å². The van der Waals surface area contributed by atoms with E-state index in [9.17, 15) is 0 Å². The molecule has 1 atom stereocenters. The van der Waals surface area contributed by atoms with Crippen molar-refractivity contribution in [3.05, 3.63) is 24.3 Å². The molecule has 0 fully saturated rings. The topological polar surface area (TPSA) is 41.0 Å². The third-order valence-electron chi connectivity index (χ3n) is 2.35. The molecule has 1 aromatic rings. The van der Waals surface area contributed by atoms with Crippen LogP contribution in [0.5, 0.6) is 0 Å². The van der Waals surface area contributed by atoms with E-state index in [0.29, 0.717) is 6.04 Å². The van der Waals surface area contributed by atoms with E-state index in [2.05, 4.69) is 41.1 Å². The molecular formula is C11H20N4. The quantitative estimate of drug-likeness (QED) is 0.754. The second-order valence-electron chi connectivity index (χ2n) is 3.80. The lowest BCUT2D eigenvalue weighted by molar-refractivity contribution is 0.308. The molecule has 0 radical (unpaired) electrons. The van der Waals surface area contributed by atoms with E-state index in [4.69, 9.17) is 0 Å². The van der Waals surface area contributed by atoms with Crippen molar-refractivity contribution in [2.45, 2.75) is 26.4 Å². The summed E-state index contributed by atoms with van der Waals surface area (Å²) in [6.07, 6.45) is 3.54. The van der Waals surface area contributed by atoms with Crippen LogP contribution in [0.25, 0.3) is 0 Å². The molecule has 0 aliphatic heterocycles. The molecule has 4 nitrogen and oxygen atoms in total. The maximum atomic E-state index is 4.16. The number of nitrogens with one attached hydrogen (secondary N) is 1. The van der Waals surface area contributed by atoms with E-state index in [1.807, 2.05) is 6.07 Å². The molecule has 1 rings (SSSR count). The Hall–Kier alpha value is -1.00. The zero-order valence-electron chi connectivity index (χ0n) is 9.77. The van der Waals surface area contributed by atoms with E-state index < -0.39 is 0 Å². The van der Waals surface area contributed by atoms with Gasteiger partial charge in [0.05, 0.1) is 6.54 Å². The van der Waals surface area contributed by atoms with Crippen molar-refractivity contribution in [2.75, 3.05) is 20.1 Å². The maximum Gasteiger partial charge on any atom is 0.141 e. The van der Waals surface area contributed by atoms with Gasteiger partial charge in [-0.1, -0.05) is 6.92 Å². The molecule has 1 heterocycles. The van der Waals surface area contributed by atoms with Gasteiger partial charge >= 0.3 is 0 Å². The van der Waals surface area contributed by atoms with Crippen molar-refractivity contribution in [2.24, 2.45) is 0 Å². The van der Waals surface area contributed by atoms with Gasteiger partial charge in [0, 0.05) is 25.0 Å². The highest BCUT2D eigenvalue weighted by Gasteiger charge is 2.04. The summed E-state index contributed by atoms with van der Waals surface area (Å²) in [4.78, 5) is 10.6. The molecule has 0 spiro atoms. The van der Waals surface area contributed by atoms with Gasteiger partial charge in [-0.3, -0.25) is 0 Å². The highest BCUT2D eigenvalue weighted by atomic mass is 15.1. The predicted octanol–water partition coefficient (Wildman–Crippen LogP) is 0.906. The summed E-state index contributed by atoms with van der Waals surface area (Å²) in [5.41, 5.74) is 0. The van der Waals surface area contributed by atoms with Crippen LogP contribution in [0.15, 0.2) is 18.5 Å². The van der Waals surface area contributed by atoms with Gasteiger partial charge in [0.25, 0.3) is 0 Å². The number of likely N-dealkylation sites (N-methyl/N-ethyl adjacent to an activating group) is 1. The van der Waals surface area contributed by atoms with Gasteiger partial charge in [-0.25, -0.2) is 9.97 Å². The predicted molar refractivity (Wildman–Crippen MR) is 61.5 cm³/mol. The van der Waals surface area contributed by atoms with Crippen LogP contribution in [0.3, 0.4) is 0 Å². The van der Waals surface area contributed by atoms with E-state index in [0.717, 1.165) is 25.5 Å². The lowest BCUT2D eigenvalue weighted by atomic mass is 10.3. The van der Waals surface area contributed by atoms with Gasteiger partial charge < -0.3 is 10.2 Å². The first-order valence-electron chi connectivity index (χ1n) is 5.40. The van der Waals surface area contributed by atoms with Gasteiger partial charge in [-0.2, -0.15) is 0 Å². The minimum absolute atomic E-state index is 0.457. The molecule has 1 N–H and O–H groups in total. The van der Waals surface area contributed by atoms with Gasteiger partial charge in [-0.05, 0) is 26.6 Å². The fraction of sp³-hybridized carbons (Fsp3) is 0.636. The lowest BCUT2D eigenvalue weighted by Crippen LogP contribution is -2.37. The number of nitrogens with zero attached hydrogens (tertiary/aromatic N) is 3. The van der Waals surface area contributed by atoms with Crippen LogP contribution in [0.4, 0.5) is 0 Å². The second kappa shape index (κ2) is 6.48. The van der Waals surface area contributed by atoms with Crippen LogP contribution in [-0.4, -0.2) is 41.0 Å². The normalized spacial score (nSPS) is 13.1. The summed E-state index contributed by atoms with van der Waals surface area (Å²) < 4.78 is 0. The molecule has 0 amide bonds. The number of aromatic nitrogens is 2.